The molecule has 0 aromatic heterocycles. The number of hydrogen-bond acceptors (Lipinski definition) is 4. The molecule has 0 atom stereocenters. The quantitative estimate of drug-likeness (QED) is 0.751. The molecule has 0 amide bonds. The van der Waals surface area contributed by atoms with Gasteiger partial charge in [-0.15, -0.1) is 0 Å². The van der Waals surface area contributed by atoms with E-state index in [0.29, 0.717) is 22.3 Å². The van der Waals surface area contributed by atoms with E-state index >= 15 is 0 Å². The molecule has 0 bridgehead atoms. The van der Waals surface area contributed by atoms with Crippen LogP contribution >= 0.6 is 15.9 Å². The molecule has 1 N–H and O–H groups in total. The van der Waals surface area contributed by atoms with Gasteiger partial charge in [-0.1, -0.05) is 15.9 Å². The third kappa shape index (κ3) is 4.33. The normalized spacial score (nSPS) is 11.1. The van der Waals surface area contributed by atoms with Crippen LogP contribution in [0, 0.1) is 0 Å². The Kier molecular flexibility index (Phi) is 5.43. The van der Waals surface area contributed by atoms with Gasteiger partial charge in [-0.2, -0.15) is 0 Å². The first-order chi connectivity index (χ1) is 10.8. The third-order valence-electron chi connectivity index (χ3n) is 3.04. The van der Waals surface area contributed by atoms with Gasteiger partial charge < -0.3 is 4.74 Å². The van der Waals surface area contributed by atoms with Crippen LogP contribution in [0.25, 0.3) is 0 Å². The van der Waals surface area contributed by atoms with Crippen LogP contribution in [0.3, 0.4) is 0 Å². The summed E-state index contributed by atoms with van der Waals surface area (Å²) in [6.45, 7) is 3.60. The first kappa shape index (κ1) is 17.5. The Bertz CT molecular complexity index is 816. The van der Waals surface area contributed by atoms with Crippen molar-refractivity contribution in [1.82, 2.24) is 0 Å². The molecule has 0 aliphatic carbocycles. The fourth-order valence-corrected chi connectivity index (χ4v) is 3.69. The maximum Gasteiger partial charge on any atom is 0.265 e. The van der Waals surface area contributed by atoms with Crippen molar-refractivity contribution in [3.8, 4) is 5.75 Å². The van der Waals surface area contributed by atoms with Crippen molar-refractivity contribution >= 4 is 37.4 Å². The summed E-state index contributed by atoms with van der Waals surface area (Å²) in [6, 6.07) is 11.0. The smallest absolute Gasteiger partial charge is 0.265 e. The molecule has 122 valence electrons. The van der Waals surface area contributed by atoms with Crippen molar-refractivity contribution in [3.05, 3.63) is 52.5 Å². The lowest BCUT2D eigenvalue weighted by molar-refractivity contribution is 0.101. The van der Waals surface area contributed by atoms with Crippen LogP contribution in [0.4, 0.5) is 5.69 Å². The van der Waals surface area contributed by atoms with E-state index in [0.717, 1.165) is 0 Å². The zero-order chi connectivity index (χ0) is 17.0. The van der Waals surface area contributed by atoms with Crippen molar-refractivity contribution in [3.63, 3.8) is 0 Å². The molecule has 2 rings (SSSR count). The van der Waals surface area contributed by atoms with Gasteiger partial charge in [0.05, 0.1) is 6.61 Å². The van der Waals surface area contributed by atoms with Crippen LogP contribution in [0.15, 0.2) is 51.8 Å². The van der Waals surface area contributed by atoms with E-state index in [-0.39, 0.29) is 16.4 Å². The summed E-state index contributed by atoms with van der Waals surface area (Å²) < 4.78 is 33.7. The maximum absolute atomic E-state index is 12.6. The minimum Gasteiger partial charge on any atom is -0.492 e. The highest BCUT2D eigenvalue weighted by Gasteiger charge is 2.20. The van der Waals surface area contributed by atoms with Gasteiger partial charge in [0.25, 0.3) is 10.0 Å². The van der Waals surface area contributed by atoms with E-state index in [4.69, 9.17) is 4.74 Å². The van der Waals surface area contributed by atoms with E-state index in [9.17, 15) is 13.2 Å². The first-order valence-electron chi connectivity index (χ1n) is 6.89. The molecule has 0 saturated carbocycles. The zero-order valence-corrected chi connectivity index (χ0v) is 15.1. The van der Waals surface area contributed by atoms with E-state index in [2.05, 4.69) is 20.7 Å². The van der Waals surface area contributed by atoms with Gasteiger partial charge in [0.1, 0.15) is 10.6 Å². The number of rotatable bonds is 6. The van der Waals surface area contributed by atoms with Crippen molar-refractivity contribution in [2.24, 2.45) is 0 Å². The van der Waals surface area contributed by atoms with Crippen molar-refractivity contribution in [2.75, 3.05) is 11.3 Å². The summed E-state index contributed by atoms with van der Waals surface area (Å²) in [4.78, 5) is 11.3. The molecule has 23 heavy (non-hydrogen) atoms. The second-order valence-electron chi connectivity index (χ2n) is 4.76. The molecule has 0 heterocycles. The second kappa shape index (κ2) is 7.14. The molecule has 0 unspecified atom stereocenters. The topological polar surface area (TPSA) is 72.5 Å². The summed E-state index contributed by atoms with van der Waals surface area (Å²) in [7, 11) is -3.81. The molecule has 5 nitrogen and oxygen atoms in total. The number of sulfonamides is 1. The summed E-state index contributed by atoms with van der Waals surface area (Å²) in [5.74, 6) is 0.202. The zero-order valence-electron chi connectivity index (χ0n) is 12.7. The Morgan fingerprint density at radius 2 is 1.83 bits per heavy atom. The van der Waals surface area contributed by atoms with E-state index in [1.807, 2.05) is 0 Å². The highest BCUT2D eigenvalue weighted by atomic mass is 79.9. The minimum absolute atomic E-state index is 0.0457. The van der Waals surface area contributed by atoms with Crippen LogP contribution in [0.1, 0.15) is 24.2 Å². The number of ketones is 1. The number of nitrogens with one attached hydrogen (secondary N) is 1. The number of benzene rings is 2. The predicted molar refractivity (Wildman–Crippen MR) is 92.6 cm³/mol. The predicted octanol–water partition coefficient (Wildman–Crippen LogP) is 3.85. The largest absolute Gasteiger partial charge is 0.492 e. The average molecular weight is 398 g/mol. The molecule has 0 spiro atoms. The molecule has 0 saturated heterocycles. The highest BCUT2D eigenvalue weighted by Crippen LogP contribution is 2.29. The Morgan fingerprint density at radius 3 is 2.39 bits per heavy atom. The van der Waals surface area contributed by atoms with Gasteiger partial charge in [0.2, 0.25) is 0 Å². The summed E-state index contributed by atoms with van der Waals surface area (Å²) in [5, 5.41) is 0. The van der Waals surface area contributed by atoms with E-state index < -0.39 is 10.0 Å². The minimum atomic E-state index is -3.81. The molecule has 2 aromatic rings. The Balaban J connectivity index is 2.35. The third-order valence-corrected chi connectivity index (χ3v) is 4.93. The molecule has 0 aliphatic rings. The molecular formula is C16H16BrNO4S. The van der Waals surface area contributed by atoms with Gasteiger partial charge in [-0.25, -0.2) is 8.42 Å². The summed E-state index contributed by atoms with van der Waals surface area (Å²) in [5.41, 5.74) is 0.892. The number of carbonyl (C=O) groups excluding carboxylic acids is 1. The SMILES string of the molecule is CCOc1ccc(Br)cc1S(=O)(=O)Nc1ccc(C(C)=O)cc1. The molecule has 0 radical (unpaired) electrons. The Labute approximate surface area is 143 Å². The number of carbonyl (C=O) groups is 1. The van der Waals surface area contributed by atoms with Gasteiger partial charge in [-0.3, -0.25) is 9.52 Å². The summed E-state index contributed by atoms with van der Waals surface area (Å²) >= 11 is 3.27. The molecule has 2 aromatic carbocycles. The lowest BCUT2D eigenvalue weighted by Crippen LogP contribution is -2.14. The molecule has 0 aliphatic heterocycles. The Morgan fingerprint density at radius 1 is 1.17 bits per heavy atom. The van der Waals surface area contributed by atoms with Gasteiger partial charge in [0, 0.05) is 15.7 Å². The Hall–Kier alpha value is -1.86. The number of halogens is 1. The van der Waals surface area contributed by atoms with Crippen LogP contribution in [0.2, 0.25) is 0 Å². The number of hydrogen-bond donors (Lipinski definition) is 1. The maximum atomic E-state index is 12.6. The highest BCUT2D eigenvalue weighted by molar-refractivity contribution is 9.10. The fourth-order valence-electron chi connectivity index (χ4n) is 1.95. The number of Topliss-reactive ketones (excluding diaryl/α,β-unsaturated/α-hetero) is 1. The standard InChI is InChI=1S/C16H16BrNO4S/c1-3-22-15-9-6-13(17)10-16(15)23(20,21)18-14-7-4-12(5-8-14)11(2)19/h4-10,18H,3H2,1-2H3. The van der Waals surface area contributed by atoms with E-state index in [1.165, 1.54) is 13.0 Å². The molecule has 7 heteroatoms. The lowest BCUT2D eigenvalue weighted by atomic mass is 10.1. The van der Waals surface area contributed by atoms with Crippen molar-refractivity contribution in [2.45, 2.75) is 18.7 Å². The average Bonchev–Trinajstić information content (AvgIpc) is 2.49. The molecular weight excluding hydrogens is 382 g/mol. The summed E-state index contributed by atoms with van der Waals surface area (Å²) in [6.07, 6.45) is 0. The van der Waals surface area contributed by atoms with Crippen LogP contribution in [0.5, 0.6) is 5.75 Å². The number of ether oxygens (including phenoxy) is 1. The monoisotopic (exact) mass is 397 g/mol. The van der Waals surface area contributed by atoms with Crippen LogP contribution in [-0.2, 0) is 10.0 Å². The molecule has 0 fully saturated rings. The lowest BCUT2D eigenvalue weighted by Gasteiger charge is -2.13. The van der Waals surface area contributed by atoms with E-state index in [1.54, 1.807) is 43.3 Å². The second-order valence-corrected chi connectivity index (χ2v) is 7.33. The van der Waals surface area contributed by atoms with Crippen molar-refractivity contribution in [1.29, 1.82) is 0 Å². The fraction of sp³-hybridized carbons (Fsp3) is 0.188. The first-order valence-corrected chi connectivity index (χ1v) is 9.17. The van der Waals surface area contributed by atoms with Crippen LogP contribution in [-0.4, -0.2) is 20.8 Å². The van der Waals surface area contributed by atoms with Gasteiger partial charge in [-0.05, 0) is 56.3 Å². The van der Waals surface area contributed by atoms with Crippen LogP contribution < -0.4 is 9.46 Å². The van der Waals surface area contributed by atoms with Gasteiger partial charge in [0.15, 0.2) is 5.78 Å². The van der Waals surface area contributed by atoms with Gasteiger partial charge >= 0.3 is 0 Å². The van der Waals surface area contributed by atoms with Crippen molar-refractivity contribution < 1.29 is 17.9 Å². The number of anilines is 1.